The van der Waals surface area contributed by atoms with Crippen LogP contribution < -0.4 is 11.5 Å². The molecule has 0 spiro atoms. The molecule has 7 heteroatoms. The SMILES string of the molecule is NC(=O)c1ccc(-c2ccccc2C(F)(F)F)nc1N. The van der Waals surface area contributed by atoms with Crippen LogP contribution in [0.5, 0.6) is 0 Å². The molecule has 1 amide bonds. The molecule has 1 aromatic carbocycles. The Morgan fingerprint density at radius 2 is 1.75 bits per heavy atom. The summed E-state index contributed by atoms with van der Waals surface area (Å²) < 4.78 is 38.7. The van der Waals surface area contributed by atoms with Crippen molar-refractivity contribution in [3.05, 3.63) is 47.5 Å². The maximum absolute atomic E-state index is 12.9. The fourth-order valence-corrected chi connectivity index (χ4v) is 1.79. The second-order valence-electron chi connectivity index (χ2n) is 4.04. The number of nitrogens with zero attached hydrogens (tertiary/aromatic N) is 1. The summed E-state index contributed by atoms with van der Waals surface area (Å²) in [6.45, 7) is 0. The molecule has 2 rings (SSSR count). The Morgan fingerprint density at radius 3 is 2.30 bits per heavy atom. The van der Waals surface area contributed by atoms with Crippen molar-refractivity contribution in [1.29, 1.82) is 0 Å². The Kier molecular flexibility index (Phi) is 3.35. The molecule has 0 aliphatic heterocycles. The summed E-state index contributed by atoms with van der Waals surface area (Å²) in [6.07, 6.45) is -4.50. The summed E-state index contributed by atoms with van der Waals surface area (Å²) in [5.74, 6) is -0.988. The van der Waals surface area contributed by atoms with Crippen molar-refractivity contribution in [3.63, 3.8) is 0 Å². The Morgan fingerprint density at radius 1 is 1.10 bits per heavy atom. The zero-order valence-electron chi connectivity index (χ0n) is 10.1. The average molecular weight is 281 g/mol. The highest BCUT2D eigenvalue weighted by Crippen LogP contribution is 2.36. The molecular weight excluding hydrogens is 271 g/mol. The summed E-state index contributed by atoms with van der Waals surface area (Å²) in [5, 5.41) is 0. The first-order valence-corrected chi connectivity index (χ1v) is 5.53. The third-order valence-electron chi connectivity index (χ3n) is 2.70. The van der Waals surface area contributed by atoms with Crippen LogP contribution in [0.3, 0.4) is 0 Å². The molecule has 4 N–H and O–H groups in total. The third kappa shape index (κ3) is 2.56. The van der Waals surface area contributed by atoms with E-state index in [4.69, 9.17) is 11.5 Å². The van der Waals surface area contributed by atoms with Crippen LogP contribution in [0.15, 0.2) is 36.4 Å². The lowest BCUT2D eigenvalue weighted by Gasteiger charge is -2.12. The molecule has 4 nitrogen and oxygen atoms in total. The van der Waals surface area contributed by atoms with Crippen LogP contribution in [-0.2, 0) is 6.18 Å². The number of nitrogens with two attached hydrogens (primary N) is 2. The molecule has 20 heavy (non-hydrogen) atoms. The lowest BCUT2D eigenvalue weighted by molar-refractivity contribution is -0.137. The molecule has 0 saturated carbocycles. The van der Waals surface area contributed by atoms with Gasteiger partial charge in [-0.15, -0.1) is 0 Å². The summed E-state index contributed by atoms with van der Waals surface area (Å²) in [6, 6.07) is 7.52. The molecule has 2 aromatic rings. The fraction of sp³-hybridized carbons (Fsp3) is 0.0769. The predicted molar refractivity (Wildman–Crippen MR) is 67.6 cm³/mol. The van der Waals surface area contributed by atoms with E-state index in [1.54, 1.807) is 0 Å². The van der Waals surface area contributed by atoms with Crippen LogP contribution in [0.1, 0.15) is 15.9 Å². The van der Waals surface area contributed by atoms with Crippen molar-refractivity contribution < 1.29 is 18.0 Å². The zero-order chi connectivity index (χ0) is 14.9. The lowest BCUT2D eigenvalue weighted by atomic mass is 10.0. The van der Waals surface area contributed by atoms with Crippen LogP contribution >= 0.6 is 0 Å². The number of anilines is 1. The molecule has 104 valence electrons. The van der Waals surface area contributed by atoms with E-state index in [2.05, 4.69) is 4.98 Å². The number of amides is 1. The molecular formula is C13H10F3N3O. The van der Waals surface area contributed by atoms with Gasteiger partial charge in [-0.05, 0) is 18.2 Å². The van der Waals surface area contributed by atoms with Crippen LogP contribution in [0.25, 0.3) is 11.3 Å². The highest BCUT2D eigenvalue weighted by Gasteiger charge is 2.33. The van der Waals surface area contributed by atoms with Gasteiger partial charge in [0.2, 0.25) is 0 Å². The number of nitrogen functional groups attached to an aromatic ring is 1. The monoisotopic (exact) mass is 281 g/mol. The van der Waals surface area contributed by atoms with Crippen molar-refractivity contribution in [1.82, 2.24) is 4.98 Å². The zero-order valence-corrected chi connectivity index (χ0v) is 10.1. The van der Waals surface area contributed by atoms with Gasteiger partial charge in [-0.2, -0.15) is 13.2 Å². The number of benzene rings is 1. The molecule has 0 bridgehead atoms. The van der Waals surface area contributed by atoms with Crippen LogP contribution in [0.2, 0.25) is 0 Å². The van der Waals surface area contributed by atoms with Gasteiger partial charge < -0.3 is 11.5 Å². The normalized spacial score (nSPS) is 11.3. The number of alkyl halides is 3. The number of primary amides is 1. The lowest BCUT2D eigenvalue weighted by Crippen LogP contribution is -2.15. The summed E-state index contributed by atoms with van der Waals surface area (Å²) >= 11 is 0. The second-order valence-corrected chi connectivity index (χ2v) is 4.04. The minimum absolute atomic E-state index is 0.0282. The number of carbonyl (C=O) groups excluding carboxylic acids is 1. The largest absolute Gasteiger partial charge is 0.417 e. The van der Waals surface area contributed by atoms with Gasteiger partial charge in [-0.1, -0.05) is 18.2 Å². The molecule has 1 heterocycles. The van der Waals surface area contributed by atoms with Gasteiger partial charge in [0.1, 0.15) is 5.82 Å². The first-order chi connectivity index (χ1) is 9.30. The van der Waals surface area contributed by atoms with Crippen molar-refractivity contribution in [3.8, 4) is 11.3 Å². The van der Waals surface area contributed by atoms with Gasteiger partial charge in [0.15, 0.2) is 0 Å². The minimum atomic E-state index is -4.50. The van der Waals surface area contributed by atoms with Gasteiger partial charge >= 0.3 is 6.18 Å². The molecule has 0 radical (unpaired) electrons. The fourth-order valence-electron chi connectivity index (χ4n) is 1.79. The Bertz CT molecular complexity index is 668. The minimum Gasteiger partial charge on any atom is -0.383 e. The van der Waals surface area contributed by atoms with Crippen LogP contribution in [0, 0.1) is 0 Å². The number of rotatable bonds is 2. The molecule has 0 aliphatic rings. The van der Waals surface area contributed by atoms with Crippen molar-refractivity contribution in [2.24, 2.45) is 5.73 Å². The van der Waals surface area contributed by atoms with Gasteiger partial charge in [0.25, 0.3) is 5.91 Å². The van der Waals surface area contributed by atoms with Gasteiger partial charge in [0.05, 0.1) is 16.8 Å². The van der Waals surface area contributed by atoms with E-state index < -0.39 is 17.6 Å². The second kappa shape index (κ2) is 4.84. The number of hydrogen-bond acceptors (Lipinski definition) is 3. The summed E-state index contributed by atoms with van der Waals surface area (Å²) in [5.41, 5.74) is 9.66. The van der Waals surface area contributed by atoms with Gasteiger partial charge in [-0.3, -0.25) is 4.79 Å². The molecule has 0 saturated heterocycles. The first kappa shape index (κ1) is 13.9. The maximum Gasteiger partial charge on any atom is 0.417 e. The average Bonchev–Trinajstić information content (AvgIpc) is 2.37. The van der Waals surface area contributed by atoms with E-state index >= 15 is 0 Å². The highest BCUT2D eigenvalue weighted by molar-refractivity contribution is 5.97. The Balaban J connectivity index is 2.59. The molecule has 0 unspecified atom stereocenters. The number of pyridine rings is 1. The van der Waals surface area contributed by atoms with Crippen molar-refractivity contribution in [2.75, 3.05) is 5.73 Å². The first-order valence-electron chi connectivity index (χ1n) is 5.53. The number of carbonyl (C=O) groups is 1. The Hall–Kier alpha value is -2.57. The van der Waals surface area contributed by atoms with E-state index in [1.165, 1.54) is 30.3 Å². The predicted octanol–water partition coefficient (Wildman–Crippen LogP) is 2.45. The standard InChI is InChI=1S/C13H10F3N3O/c14-13(15,16)9-4-2-1-3-7(9)10-6-5-8(12(18)20)11(17)19-10/h1-6H,(H2,17,19)(H2,18,20). The van der Waals surface area contributed by atoms with E-state index in [0.29, 0.717) is 0 Å². The topological polar surface area (TPSA) is 82.0 Å². The van der Waals surface area contributed by atoms with E-state index in [0.717, 1.165) is 6.07 Å². The van der Waals surface area contributed by atoms with Gasteiger partial charge in [-0.25, -0.2) is 4.98 Å². The van der Waals surface area contributed by atoms with Crippen LogP contribution in [-0.4, -0.2) is 10.9 Å². The quantitative estimate of drug-likeness (QED) is 0.887. The van der Waals surface area contributed by atoms with Crippen molar-refractivity contribution >= 4 is 11.7 Å². The molecule has 0 fully saturated rings. The molecule has 0 atom stereocenters. The Labute approximate surface area is 112 Å². The number of aromatic nitrogens is 1. The van der Waals surface area contributed by atoms with Gasteiger partial charge in [0, 0.05) is 5.56 Å². The molecule has 0 aliphatic carbocycles. The number of hydrogen-bond donors (Lipinski definition) is 2. The smallest absolute Gasteiger partial charge is 0.383 e. The summed E-state index contributed by atoms with van der Waals surface area (Å²) in [7, 11) is 0. The van der Waals surface area contributed by atoms with E-state index in [1.807, 2.05) is 0 Å². The summed E-state index contributed by atoms with van der Waals surface area (Å²) in [4.78, 5) is 14.8. The van der Waals surface area contributed by atoms with Crippen molar-refractivity contribution in [2.45, 2.75) is 6.18 Å². The third-order valence-corrected chi connectivity index (χ3v) is 2.70. The highest BCUT2D eigenvalue weighted by atomic mass is 19.4. The maximum atomic E-state index is 12.9. The number of halogens is 3. The van der Waals surface area contributed by atoms with E-state index in [-0.39, 0.29) is 22.6 Å². The van der Waals surface area contributed by atoms with E-state index in [9.17, 15) is 18.0 Å². The van der Waals surface area contributed by atoms with Crippen LogP contribution in [0.4, 0.5) is 19.0 Å². The molecule has 1 aromatic heterocycles.